The van der Waals surface area contributed by atoms with E-state index in [1.807, 2.05) is 17.3 Å². The largest absolute Gasteiger partial charge is 0.350 e. The third-order valence-electron chi connectivity index (χ3n) is 6.16. The fourth-order valence-electron chi connectivity index (χ4n) is 4.62. The molecular formula is C23H30N4O. The number of nitrogens with one attached hydrogen (secondary N) is 1. The molecule has 1 aliphatic rings. The van der Waals surface area contributed by atoms with Crippen molar-refractivity contribution in [3.05, 3.63) is 52.7 Å². The molecule has 0 unspecified atom stereocenters. The molecule has 1 saturated heterocycles. The number of rotatable bonds is 3. The topological polar surface area (TPSA) is 53.9 Å². The van der Waals surface area contributed by atoms with Crippen LogP contribution in [0.4, 0.5) is 0 Å². The Balaban J connectivity index is 1.64. The molecule has 3 heterocycles. The number of aromatic nitrogens is 3. The number of nitrogens with zero attached hydrogens (tertiary/aromatic N) is 3. The average molecular weight is 379 g/mol. The van der Waals surface area contributed by atoms with Crippen LogP contribution >= 0.6 is 0 Å². The van der Waals surface area contributed by atoms with Crippen molar-refractivity contribution in [1.29, 1.82) is 0 Å². The van der Waals surface area contributed by atoms with Crippen molar-refractivity contribution >= 4 is 16.8 Å². The maximum Gasteiger partial charge on any atom is 0.270 e. The Morgan fingerprint density at radius 3 is 2.68 bits per heavy atom. The zero-order valence-corrected chi connectivity index (χ0v) is 17.5. The molecule has 2 aromatic heterocycles. The predicted molar refractivity (Wildman–Crippen MR) is 113 cm³/mol. The number of fused-ring (bicyclic) bond motifs is 1. The molecule has 0 aliphatic carbocycles. The Labute approximate surface area is 166 Å². The maximum atomic E-state index is 13.4. The van der Waals surface area contributed by atoms with Gasteiger partial charge in [-0.3, -0.25) is 4.79 Å². The number of carbonyl (C=O) groups excluding carboxylic acids is 1. The van der Waals surface area contributed by atoms with Crippen LogP contribution in [0.1, 0.15) is 71.7 Å². The van der Waals surface area contributed by atoms with Gasteiger partial charge in [0, 0.05) is 48.3 Å². The number of aromatic amines is 1. The minimum atomic E-state index is 0.111. The van der Waals surface area contributed by atoms with Gasteiger partial charge in [0.25, 0.3) is 5.91 Å². The lowest BCUT2D eigenvalue weighted by molar-refractivity contribution is 0.0697. The summed E-state index contributed by atoms with van der Waals surface area (Å²) in [5, 5.41) is 1.19. The van der Waals surface area contributed by atoms with Crippen molar-refractivity contribution in [2.75, 3.05) is 13.1 Å². The van der Waals surface area contributed by atoms with E-state index >= 15 is 0 Å². The highest BCUT2D eigenvalue weighted by molar-refractivity contribution is 6.02. The first-order chi connectivity index (χ1) is 13.4. The lowest BCUT2D eigenvalue weighted by Gasteiger charge is -2.33. The molecule has 1 aromatic carbocycles. The molecule has 0 saturated carbocycles. The lowest BCUT2D eigenvalue weighted by Crippen LogP contribution is -2.40. The van der Waals surface area contributed by atoms with Gasteiger partial charge in [0.1, 0.15) is 11.5 Å². The predicted octanol–water partition coefficient (Wildman–Crippen LogP) is 4.89. The number of amides is 1. The van der Waals surface area contributed by atoms with Crippen molar-refractivity contribution in [3.8, 4) is 0 Å². The number of piperidine rings is 1. The van der Waals surface area contributed by atoms with E-state index in [2.05, 4.69) is 61.3 Å². The molecule has 148 valence electrons. The number of imidazole rings is 1. The Kier molecular flexibility index (Phi) is 4.77. The van der Waals surface area contributed by atoms with Crippen LogP contribution in [0.5, 0.6) is 0 Å². The first kappa shape index (κ1) is 18.8. The summed E-state index contributed by atoms with van der Waals surface area (Å²) in [6.45, 7) is 12.2. The molecule has 1 atom stereocenters. The number of benzene rings is 1. The van der Waals surface area contributed by atoms with Crippen LogP contribution in [-0.2, 0) is 0 Å². The van der Waals surface area contributed by atoms with E-state index in [0.29, 0.717) is 12.0 Å². The maximum absolute atomic E-state index is 13.4. The van der Waals surface area contributed by atoms with Crippen LogP contribution in [0.25, 0.3) is 10.9 Å². The van der Waals surface area contributed by atoms with Gasteiger partial charge in [0.15, 0.2) is 0 Å². The molecule has 5 heteroatoms. The highest BCUT2D eigenvalue weighted by Gasteiger charge is 2.30. The van der Waals surface area contributed by atoms with Gasteiger partial charge in [-0.2, -0.15) is 0 Å². The quantitative estimate of drug-likeness (QED) is 0.705. The summed E-state index contributed by atoms with van der Waals surface area (Å²) in [7, 11) is 0. The zero-order valence-electron chi connectivity index (χ0n) is 17.5. The summed E-state index contributed by atoms with van der Waals surface area (Å²) in [5.74, 6) is 1.51. The van der Waals surface area contributed by atoms with E-state index in [1.165, 1.54) is 16.5 Å². The van der Waals surface area contributed by atoms with Gasteiger partial charge in [-0.15, -0.1) is 0 Å². The number of likely N-dealkylation sites (tertiary alicyclic amines) is 1. The van der Waals surface area contributed by atoms with E-state index in [4.69, 9.17) is 0 Å². The summed E-state index contributed by atoms with van der Waals surface area (Å²) in [4.78, 5) is 23.5. The second kappa shape index (κ2) is 7.12. The molecule has 28 heavy (non-hydrogen) atoms. The Morgan fingerprint density at radius 2 is 1.96 bits per heavy atom. The van der Waals surface area contributed by atoms with E-state index in [9.17, 15) is 4.79 Å². The SMILES string of the molecule is Cc1ccc(C)c2c(C)c(C(=O)N3CCC[C@@H](c4nccn4C(C)C)C3)[nH]c12. The number of hydrogen-bond donors (Lipinski definition) is 1. The van der Waals surface area contributed by atoms with Crippen LogP contribution in [0, 0.1) is 20.8 Å². The first-order valence-electron chi connectivity index (χ1n) is 10.3. The van der Waals surface area contributed by atoms with Gasteiger partial charge in [-0.25, -0.2) is 4.98 Å². The Bertz CT molecular complexity index is 1030. The number of carbonyl (C=O) groups is 1. The molecule has 5 nitrogen and oxygen atoms in total. The fourth-order valence-corrected chi connectivity index (χ4v) is 4.62. The van der Waals surface area contributed by atoms with Crippen LogP contribution in [-0.4, -0.2) is 38.4 Å². The van der Waals surface area contributed by atoms with Crippen molar-refractivity contribution in [2.45, 2.75) is 59.4 Å². The average Bonchev–Trinajstić information content (AvgIpc) is 3.30. The van der Waals surface area contributed by atoms with Crippen molar-refractivity contribution in [1.82, 2.24) is 19.4 Å². The highest BCUT2D eigenvalue weighted by atomic mass is 16.2. The van der Waals surface area contributed by atoms with Crippen LogP contribution < -0.4 is 0 Å². The molecule has 0 radical (unpaired) electrons. The smallest absolute Gasteiger partial charge is 0.270 e. The second-order valence-electron chi connectivity index (χ2n) is 8.45. The van der Waals surface area contributed by atoms with Gasteiger partial charge in [0.2, 0.25) is 0 Å². The number of aryl methyl sites for hydroxylation is 3. The Morgan fingerprint density at radius 1 is 1.21 bits per heavy atom. The normalized spacial score (nSPS) is 17.6. The third kappa shape index (κ3) is 3.03. The van der Waals surface area contributed by atoms with Crippen molar-refractivity contribution in [3.63, 3.8) is 0 Å². The molecule has 3 aromatic rings. The standard InChI is InChI=1S/C23H30N4O/c1-14(2)27-12-10-24-22(27)18-7-6-11-26(13-18)23(28)21-17(5)19-15(3)8-9-16(4)20(19)25-21/h8-10,12,14,18,25H,6-7,11,13H2,1-5H3/t18-/m1/s1. The van der Waals surface area contributed by atoms with Gasteiger partial charge in [0.05, 0.1) is 0 Å². The van der Waals surface area contributed by atoms with Gasteiger partial charge < -0.3 is 14.5 Å². The van der Waals surface area contributed by atoms with Crippen LogP contribution in [0.3, 0.4) is 0 Å². The minimum Gasteiger partial charge on any atom is -0.350 e. The first-order valence-corrected chi connectivity index (χ1v) is 10.3. The van der Waals surface area contributed by atoms with Gasteiger partial charge in [-0.05, 0) is 64.2 Å². The highest BCUT2D eigenvalue weighted by Crippen LogP contribution is 2.31. The monoisotopic (exact) mass is 378 g/mol. The molecule has 0 spiro atoms. The third-order valence-corrected chi connectivity index (χ3v) is 6.16. The summed E-state index contributed by atoms with van der Waals surface area (Å²) in [6.07, 6.45) is 6.02. The van der Waals surface area contributed by atoms with E-state index in [1.54, 1.807) is 0 Å². The summed E-state index contributed by atoms with van der Waals surface area (Å²) >= 11 is 0. The van der Waals surface area contributed by atoms with Gasteiger partial charge >= 0.3 is 0 Å². The molecular weight excluding hydrogens is 348 g/mol. The molecule has 0 bridgehead atoms. The molecule has 1 fully saturated rings. The summed E-state index contributed by atoms with van der Waals surface area (Å²) in [5.41, 5.74) is 5.28. The van der Waals surface area contributed by atoms with E-state index in [-0.39, 0.29) is 5.91 Å². The fraction of sp³-hybridized carbons (Fsp3) is 0.478. The second-order valence-corrected chi connectivity index (χ2v) is 8.45. The lowest BCUT2D eigenvalue weighted by atomic mass is 9.96. The molecule has 1 N–H and O–H groups in total. The van der Waals surface area contributed by atoms with Crippen molar-refractivity contribution in [2.24, 2.45) is 0 Å². The van der Waals surface area contributed by atoms with E-state index in [0.717, 1.165) is 48.5 Å². The molecule has 1 aliphatic heterocycles. The van der Waals surface area contributed by atoms with Gasteiger partial charge in [-0.1, -0.05) is 12.1 Å². The number of hydrogen-bond acceptors (Lipinski definition) is 2. The van der Waals surface area contributed by atoms with Crippen LogP contribution in [0.2, 0.25) is 0 Å². The Hall–Kier alpha value is -2.56. The zero-order chi connectivity index (χ0) is 20.0. The summed E-state index contributed by atoms with van der Waals surface area (Å²) in [6, 6.07) is 4.63. The van der Waals surface area contributed by atoms with Crippen molar-refractivity contribution < 1.29 is 4.79 Å². The minimum absolute atomic E-state index is 0.111. The molecule has 4 rings (SSSR count). The number of H-pyrrole nitrogens is 1. The van der Waals surface area contributed by atoms with E-state index < -0.39 is 0 Å². The van der Waals surface area contributed by atoms with Crippen LogP contribution in [0.15, 0.2) is 24.5 Å². The molecule has 1 amide bonds. The summed E-state index contributed by atoms with van der Waals surface area (Å²) < 4.78 is 2.24.